The van der Waals surface area contributed by atoms with Crippen molar-refractivity contribution in [2.75, 3.05) is 5.32 Å². The Labute approximate surface area is 202 Å². The van der Waals surface area contributed by atoms with Crippen LogP contribution in [-0.4, -0.2) is 27.6 Å². The second kappa shape index (κ2) is 9.68. The number of aromatic amines is 1. The van der Waals surface area contributed by atoms with Crippen LogP contribution in [0.25, 0.3) is 10.9 Å². The van der Waals surface area contributed by atoms with E-state index in [1.807, 2.05) is 0 Å². The number of hydrogen-bond acceptors (Lipinski definition) is 6. The predicted molar refractivity (Wildman–Crippen MR) is 127 cm³/mol. The third-order valence-corrected chi connectivity index (χ3v) is 5.59. The normalized spacial score (nSPS) is 13.1. The number of anilines is 1. The van der Waals surface area contributed by atoms with Crippen LogP contribution in [0.5, 0.6) is 0 Å². The van der Waals surface area contributed by atoms with Crippen LogP contribution >= 0.6 is 11.3 Å². The predicted octanol–water partition coefficient (Wildman–Crippen LogP) is 5.48. The summed E-state index contributed by atoms with van der Waals surface area (Å²) in [6.07, 6.45) is -4.17. The van der Waals surface area contributed by atoms with Gasteiger partial charge in [-0.1, -0.05) is 19.9 Å². The molecule has 0 aliphatic carbocycles. The smallest absolute Gasteiger partial charge is 0.418 e. The number of pyridine rings is 1. The summed E-state index contributed by atoms with van der Waals surface area (Å²) >= 11 is 1.10. The van der Waals surface area contributed by atoms with Crippen molar-refractivity contribution >= 4 is 39.4 Å². The molecule has 2 heterocycles. The maximum absolute atomic E-state index is 13.7. The first kappa shape index (κ1) is 26.2. The van der Waals surface area contributed by atoms with E-state index in [2.05, 4.69) is 20.6 Å². The van der Waals surface area contributed by atoms with Gasteiger partial charge in [-0.05, 0) is 38.8 Å². The molecule has 1 aromatic carbocycles. The number of nitrogens with one attached hydrogen (secondary N) is 3. The number of alkyl halides is 3. The Bertz CT molecular complexity index is 1300. The average Bonchev–Trinajstić information content (AvgIpc) is 3.22. The molecule has 0 saturated carbocycles. The number of aromatic nitrogens is 2. The molecule has 0 spiro atoms. The van der Waals surface area contributed by atoms with Crippen molar-refractivity contribution in [2.45, 2.75) is 52.4 Å². The molecule has 12 heteroatoms. The minimum absolute atomic E-state index is 0.172. The molecule has 188 valence electrons. The summed E-state index contributed by atoms with van der Waals surface area (Å²) in [4.78, 5) is 45.8. The molecular weight excluding hydrogens is 485 g/mol. The third-order valence-electron chi connectivity index (χ3n) is 4.90. The van der Waals surface area contributed by atoms with E-state index < -0.39 is 57.8 Å². The fraction of sp³-hybridized carbons (Fsp3) is 0.391. The molecule has 0 saturated heterocycles. The zero-order chi connectivity index (χ0) is 26.1. The molecule has 1 atom stereocenters. The maximum atomic E-state index is 13.7. The molecule has 2 aromatic heterocycles. The number of carbonyl (C=O) groups excluding carboxylic acids is 2. The van der Waals surface area contributed by atoms with Gasteiger partial charge < -0.3 is 15.0 Å². The van der Waals surface area contributed by atoms with E-state index >= 15 is 0 Å². The fourth-order valence-corrected chi connectivity index (χ4v) is 4.00. The highest BCUT2D eigenvalue weighted by atomic mass is 32.1. The van der Waals surface area contributed by atoms with Crippen LogP contribution < -0.4 is 16.1 Å². The van der Waals surface area contributed by atoms with Gasteiger partial charge >= 0.3 is 12.3 Å². The molecule has 1 unspecified atom stereocenters. The molecule has 0 bridgehead atoms. The molecule has 3 N–H and O–H groups in total. The minimum Gasteiger partial charge on any atom is -0.444 e. The van der Waals surface area contributed by atoms with Gasteiger partial charge in [-0.15, -0.1) is 11.3 Å². The molecule has 3 aromatic rings. The molecule has 2 amide bonds. The van der Waals surface area contributed by atoms with Crippen molar-refractivity contribution in [3.8, 4) is 0 Å². The molecule has 0 radical (unpaired) electrons. The summed E-state index contributed by atoms with van der Waals surface area (Å²) in [6.45, 7) is 8.32. The van der Waals surface area contributed by atoms with Gasteiger partial charge in [0.05, 0.1) is 22.8 Å². The van der Waals surface area contributed by atoms with Crippen LogP contribution in [0.4, 0.5) is 23.1 Å². The first-order valence-corrected chi connectivity index (χ1v) is 11.5. The summed E-state index contributed by atoms with van der Waals surface area (Å²) in [5, 5.41) is 6.58. The molecule has 8 nitrogen and oxygen atoms in total. The lowest BCUT2D eigenvalue weighted by atomic mass is 9.94. The van der Waals surface area contributed by atoms with E-state index in [9.17, 15) is 27.6 Å². The maximum Gasteiger partial charge on any atom is 0.418 e. The van der Waals surface area contributed by atoms with E-state index in [1.54, 1.807) is 40.0 Å². The van der Waals surface area contributed by atoms with Gasteiger partial charge in [0.2, 0.25) is 5.43 Å². The number of H-pyrrole nitrogens is 1. The summed E-state index contributed by atoms with van der Waals surface area (Å²) < 4.78 is 46.5. The second-order valence-electron chi connectivity index (χ2n) is 9.13. The molecule has 0 aliphatic heterocycles. The third kappa shape index (κ3) is 5.99. The number of alkyl carbamates (subject to hydrolysis) is 1. The van der Waals surface area contributed by atoms with Crippen molar-refractivity contribution in [1.82, 2.24) is 15.3 Å². The summed E-state index contributed by atoms with van der Waals surface area (Å²) in [5.41, 5.74) is -3.92. The number of hydrogen-bond donors (Lipinski definition) is 3. The van der Waals surface area contributed by atoms with E-state index in [1.165, 1.54) is 12.3 Å². The summed E-state index contributed by atoms with van der Waals surface area (Å²) in [7, 11) is 0. The van der Waals surface area contributed by atoms with Gasteiger partial charge in [0, 0.05) is 17.0 Å². The first-order valence-electron chi connectivity index (χ1n) is 10.7. The second-order valence-corrected chi connectivity index (χ2v) is 10.0. The van der Waals surface area contributed by atoms with Gasteiger partial charge in [-0.25, -0.2) is 9.78 Å². The zero-order valence-electron chi connectivity index (χ0n) is 19.7. The molecule has 3 rings (SSSR count). The fourth-order valence-electron chi connectivity index (χ4n) is 3.48. The highest BCUT2D eigenvalue weighted by Gasteiger charge is 2.36. The van der Waals surface area contributed by atoms with Crippen LogP contribution in [0.15, 0.2) is 34.6 Å². The molecule has 35 heavy (non-hydrogen) atoms. The number of thiazole rings is 1. The van der Waals surface area contributed by atoms with E-state index in [0.29, 0.717) is 0 Å². The Hall–Kier alpha value is -3.41. The van der Waals surface area contributed by atoms with Crippen LogP contribution in [0.2, 0.25) is 0 Å². The summed E-state index contributed by atoms with van der Waals surface area (Å²) in [6, 6.07) is 2.09. The van der Waals surface area contributed by atoms with Gasteiger partial charge in [0.15, 0.2) is 5.13 Å². The Balaban J connectivity index is 2.26. The number of benzene rings is 1. The van der Waals surface area contributed by atoms with Gasteiger partial charge in [-0.3, -0.25) is 14.9 Å². The Morgan fingerprint density at radius 2 is 1.86 bits per heavy atom. The van der Waals surface area contributed by atoms with Crippen LogP contribution in [0.3, 0.4) is 0 Å². The zero-order valence-corrected chi connectivity index (χ0v) is 20.5. The lowest BCUT2D eigenvalue weighted by Gasteiger charge is -2.27. The summed E-state index contributed by atoms with van der Waals surface area (Å²) in [5.74, 6) is -1.31. The number of amides is 2. The number of carbonyl (C=O) groups is 2. The Kier molecular flexibility index (Phi) is 7.25. The topological polar surface area (TPSA) is 113 Å². The highest BCUT2D eigenvalue weighted by molar-refractivity contribution is 7.13. The van der Waals surface area contributed by atoms with Crippen molar-refractivity contribution in [1.29, 1.82) is 0 Å². The van der Waals surface area contributed by atoms with Crippen LogP contribution in [0, 0.1) is 5.92 Å². The van der Waals surface area contributed by atoms with Gasteiger partial charge in [0.25, 0.3) is 5.91 Å². The number of ether oxygens (including phenoxy) is 1. The largest absolute Gasteiger partial charge is 0.444 e. The van der Waals surface area contributed by atoms with Crippen LogP contribution in [-0.2, 0) is 10.9 Å². The van der Waals surface area contributed by atoms with Gasteiger partial charge in [-0.2, -0.15) is 13.2 Å². The van der Waals surface area contributed by atoms with Crippen molar-refractivity contribution in [3.63, 3.8) is 0 Å². The first-order chi connectivity index (χ1) is 16.2. The monoisotopic (exact) mass is 510 g/mol. The minimum atomic E-state index is -4.77. The lowest BCUT2D eigenvalue weighted by Crippen LogP contribution is -2.39. The van der Waals surface area contributed by atoms with E-state index in [4.69, 9.17) is 4.74 Å². The van der Waals surface area contributed by atoms with Gasteiger partial charge in [0.1, 0.15) is 11.2 Å². The van der Waals surface area contributed by atoms with Crippen molar-refractivity contribution < 1.29 is 27.5 Å². The van der Waals surface area contributed by atoms with Crippen molar-refractivity contribution in [2.24, 2.45) is 5.92 Å². The van der Waals surface area contributed by atoms with E-state index in [-0.39, 0.29) is 16.2 Å². The number of halogens is 3. The number of para-hydroxylation sites is 1. The quantitative estimate of drug-likeness (QED) is 0.421. The Morgan fingerprint density at radius 3 is 2.40 bits per heavy atom. The number of rotatable bonds is 5. The molecule has 0 fully saturated rings. The highest BCUT2D eigenvalue weighted by Crippen LogP contribution is 2.35. The van der Waals surface area contributed by atoms with Crippen molar-refractivity contribution in [3.05, 3.63) is 56.8 Å². The van der Waals surface area contributed by atoms with Crippen LogP contribution in [0.1, 0.15) is 62.3 Å². The standard InChI is InChI=1S/C23H25F3N4O4S/c1-11(2)15(29-21(33)34-22(3,4)5)17-14(19(32)30-20-27-9-10-35-20)18(31)12-7-6-8-13(16(12)28-17)23(24,25)26/h6-11,15H,1-5H3,(H,28,31)(H,29,33)(H,27,30,32). The molecule has 0 aliphatic rings. The Morgan fingerprint density at radius 1 is 1.17 bits per heavy atom. The molecular formula is C23H25F3N4O4S. The number of fused-ring (bicyclic) bond motifs is 1. The van der Waals surface area contributed by atoms with E-state index in [0.717, 1.165) is 23.5 Å². The lowest BCUT2D eigenvalue weighted by molar-refractivity contribution is -0.136. The number of nitrogens with zero attached hydrogens (tertiary/aromatic N) is 1. The average molecular weight is 511 g/mol. The SMILES string of the molecule is CC(C)C(NC(=O)OC(C)(C)C)c1[nH]c2c(C(F)(F)F)cccc2c(=O)c1C(=O)Nc1nccs1.